The highest BCUT2D eigenvalue weighted by Gasteiger charge is 2.39. The minimum absolute atomic E-state index is 0.0700. The van der Waals surface area contributed by atoms with Gasteiger partial charge in [-0.2, -0.15) is 0 Å². The van der Waals surface area contributed by atoms with Crippen LogP contribution in [0.25, 0.3) is 0 Å². The number of rotatable bonds is 4. The third-order valence-electron chi connectivity index (χ3n) is 5.76. The third-order valence-corrected chi connectivity index (χ3v) is 5.76. The number of hydrogen-bond acceptors (Lipinski definition) is 6. The van der Waals surface area contributed by atoms with Crippen molar-refractivity contribution in [2.24, 2.45) is 5.92 Å². The van der Waals surface area contributed by atoms with E-state index in [1.165, 1.54) is 0 Å². The highest BCUT2D eigenvalue weighted by atomic mass is 16.5. The van der Waals surface area contributed by atoms with Gasteiger partial charge in [0, 0.05) is 44.4 Å². The van der Waals surface area contributed by atoms with E-state index in [9.17, 15) is 4.79 Å². The van der Waals surface area contributed by atoms with Gasteiger partial charge in [0.2, 0.25) is 0 Å². The molecule has 7 nitrogen and oxygen atoms in total. The smallest absolute Gasteiger partial charge is 0.270 e. The topological polar surface area (TPSA) is 85.4 Å². The molecule has 3 aliphatic rings. The first-order chi connectivity index (χ1) is 13.0. The summed E-state index contributed by atoms with van der Waals surface area (Å²) in [7, 11) is 0. The van der Waals surface area contributed by atoms with Crippen molar-refractivity contribution in [3.05, 3.63) is 17.1 Å². The van der Waals surface area contributed by atoms with Gasteiger partial charge in [-0.15, -0.1) is 0 Å². The first-order valence-corrected chi connectivity index (χ1v) is 10.2. The van der Waals surface area contributed by atoms with E-state index in [0.29, 0.717) is 24.2 Å². The molecule has 1 amide bonds. The molecule has 0 aliphatic carbocycles. The largest absolute Gasteiger partial charge is 0.381 e. The van der Waals surface area contributed by atoms with Gasteiger partial charge in [0.05, 0.1) is 5.60 Å². The molecule has 1 unspecified atom stereocenters. The van der Waals surface area contributed by atoms with Gasteiger partial charge in [-0.1, -0.05) is 13.8 Å². The van der Waals surface area contributed by atoms with Gasteiger partial charge in [0.25, 0.3) is 5.91 Å². The van der Waals surface area contributed by atoms with Crippen LogP contribution in [0.1, 0.15) is 61.4 Å². The lowest BCUT2D eigenvalue weighted by Gasteiger charge is -2.43. The van der Waals surface area contributed by atoms with E-state index in [4.69, 9.17) is 14.5 Å². The molecule has 3 aliphatic heterocycles. The van der Waals surface area contributed by atoms with Crippen molar-refractivity contribution in [2.45, 2.75) is 64.0 Å². The standard InChI is InChI=1S/C20H30N4O3/c1-13(2)11-16-23-17-15(3-7-21-19(17)25)18(24-16)22-14-4-8-27-20(12-14)5-9-26-10-6-20/h13-14H,3-12H2,1-2H3,(H,21,25)(H,22,23,24). The summed E-state index contributed by atoms with van der Waals surface area (Å²) in [4.78, 5) is 21.7. The zero-order valence-corrected chi connectivity index (χ0v) is 16.3. The molecular weight excluding hydrogens is 344 g/mol. The van der Waals surface area contributed by atoms with Crippen molar-refractivity contribution in [3.8, 4) is 0 Å². The Bertz CT molecular complexity index is 695. The first-order valence-electron chi connectivity index (χ1n) is 10.2. The molecule has 1 aromatic rings. The molecule has 27 heavy (non-hydrogen) atoms. The molecule has 4 heterocycles. The summed E-state index contributed by atoms with van der Waals surface area (Å²) in [5.41, 5.74) is 1.43. The molecule has 1 atom stereocenters. The molecule has 7 heteroatoms. The Morgan fingerprint density at radius 1 is 1.26 bits per heavy atom. The molecule has 0 radical (unpaired) electrons. The maximum Gasteiger partial charge on any atom is 0.270 e. The third kappa shape index (κ3) is 4.09. The Kier molecular flexibility index (Phi) is 5.32. The van der Waals surface area contributed by atoms with E-state index in [-0.39, 0.29) is 11.5 Å². The summed E-state index contributed by atoms with van der Waals surface area (Å²) >= 11 is 0. The zero-order chi connectivity index (χ0) is 18.9. The SMILES string of the molecule is CC(C)Cc1nc(NC2CCOC3(CCOCC3)C2)c2c(n1)C(=O)NCC2. The monoisotopic (exact) mass is 374 g/mol. The number of anilines is 1. The van der Waals surface area contributed by atoms with Crippen molar-refractivity contribution in [3.63, 3.8) is 0 Å². The van der Waals surface area contributed by atoms with Crippen molar-refractivity contribution < 1.29 is 14.3 Å². The first kappa shape index (κ1) is 18.6. The molecule has 0 bridgehead atoms. The molecule has 4 rings (SSSR count). The molecule has 2 N–H and O–H groups in total. The van der Waals surface area contributed by atoms with Crippen LogP contribution in [-0.4, -0.2) is 53.9 Å². The van der Waals surface area contributed by atoms with Crippen LogP contribution in [-0.2, 0) is 22.3 Å². The molecule has 0 saturated carbocycles. The van der Waals surface area contributed by atoms with Gasteiger partial charge in [-0.05, 0) is 38.0 Å². The number of nitrogens with zero attached hydrogens (tertiary/aromatic N) is 2. The van der Waals surface area contributed by atoms with Crippen LogP contribution >= 0.6 is 0 Å². The highest BCUT2D eigenvalue weighted by molar-refractivity contribution is 5.96. The van der Waals surface area contributed by atoms with E-state index in [1.54, 1.807) is 0 Å². The second-order valence-corrected chi connectivity index (χ2v) is 8.40. The summed E-state index contributed by atoms with van der Waals surface area (Å²) in [5, 5.41) is 6.57. The molecule has 1 aromatic heterocycles. The number of carbonyl (C=O) groups is 1. The number of aromatic nitrogens is 2. The van der Waals surface area contributed by atoms with E-state index in [0.717, 1.165) is 75.6 Å². The molecule has 148 valence electrons. The lowest BCUT2D eigenvalue weighted by atomic mass is 9.84. The van der Waals surface area contributed by atoms with E-state index in [2.05, 4.69) is 29.5 Å². The van der Waals surface area contributed by atoms with Crippen LogP contribution < -0.4 is 10.6 Å². The number of fused-ring (bicyclic) bond motifs is 1. The predicted octanol–water partition coefficient (Wildman–Crippen LogP) is 2.10. The van der Waals surface area contributed by atoms with Crippen LogP contribution in [0.3, 0.4) is 0 Å². The molecule has 1 spiro atoms. The van der Waals surface area contributed by atoms with E-state index < -0.39 is 0 Å². The normalized spacial score (nSPS) is 24.6. The van der Waals surface area contributed by atoms with Crippen LogP contribution in [0.2, 0.25) is 0 Å². The number of amides is 1. The summed E-state index contributed by atoms with van der Waals surface area (Å²) in [5.74, 6) is 1.95. The number of carbonyl (C=O) groups excluding carboxylic acids is 1. The lowest BCUT2D eigenvalue weighted by Crippen LogP contribution is -2.48. The number of ether oxygens (including phenoxy) is 2. The Hall–Kier alpha value is -1.73. The lowest BCUT2D eigenvalue weighted by molar-refractivity contribution is -0.135. The van der Waals surface area contributed by atoms with Gasteiger partial charge in [0.1, 0.15) is 17.3 Å². The Morgan fingerprint density at radius 2 is 2.07 bits per heavy atom. The summed E-state index contributed by atoms with van der Waals surface area (Å²) in [6, 6.07) is 0.299. The van der Waals surface area contributed by atoms with Crippen molar-refractivity contribution in [2.75, 3.05) is 31.7 Å². The zero-order valence-electron chi connectivity index (χ0n) is 16.3. The van der Waals surface area contributed by atoms with Gasteiger partial charge >= 0.3 is 0 Å². The molecule has 0 aromatic carbocycles. The van der Waals surface area contributed by atoms with Crippen molar-refractivity contribution in [1.29, 1.82) is 0 Å². The fourth-order valence-electron chi connectivity index (χ4n) is 4.35. The molecule has 2 saturated heterocycles. The van der Waals surface area contributed by atoms with E-state index >= 15 is 0 Å². The minimum Gasteiger partial charge on any atom is -0.381 e. The average molecular weight is 374 g/mol. The van der Waals surface area contributed by atoms with Gasteiger partial charge in [0.15, 0.2) is 0 Å². The quantitative estimate of drug-likeness (QED) is 0.840. The van der Waals surface area contributed by atoms with Crippen LogP contribution in [0, 0.1) is 5.92 Å². The highest BCUT2D eigenvalue weighted by Crippen LogP contribution is 2.35. The van der Waals surface area contributed by atoms with Crippen LogP contribution in [0.5, 0.6) is 0 Å². The predicted molar refractivity (Wildman–Crippen MR) is 102 cm³/mol. The molecule has 2 fully saturated rings. The summed E-state index contributed by atoms with van der Waals surface area (Å²) < 4.78 is 11.7. The average Bonchev–Trinajstić information content (AvgIpc) is 2.63. The molecular formula is C20H30N4O3. The fourth-order valence-corrected chi connectivity index (χ4v) is 4.35. The Morgan fingerprint density at radius 3 is 2.85 bits per heavy atom. The Labute approximate surface area is 160 Å². The minimum atomic E-state index is -0.0837. The number of nitrogens with one attached hydrogen (secondary N) is 2. The maximum atomic E-state index is 12.3. The van der Waals surface area contributed by atoms with Gasteiger partial charge in [-0.3, -0.25) is 4.79 Å². The van der Waals surface area contributed by atoms with Crippen molar-refractivity contribution in [1.82, 2.24) is 15.3 Å². The van der Waals surface area contributed by atoms with Crippen molar-refractivity contribution >= 4 is 11.7 Å². The van der Waals surface area contributed by atoms with Gasteiger partial charge < -0.3 is 20.1 Å². The Balaban J connectivity index is 1.58. The number of hydrogen-bond donors (Lipinski definition) is 2. The summed E-state index contributed by atoms with van der Waals surface area (Å²) in [6.07, 6.45) is 5.36. The van der Waals surface area contributed by atoms with E-state index in [1.807, 2.05) is 0 Å². The summed E-state index contributed by atoms with van der Waals surface area (Å²) in [6.45, 7) is 7.22. The van der Waals surface area contributed by atoms with Crippen LogP contribution in [0.4, 0.5) is 5.82 Å². The maximum absolute atomic E-state index is 12.3. The second-order valence-electron chi connectivity index (χ2n) is 8.40. The van der Waals surface area contributed by atoms with Crippen LogP contribution in [0.15, 0.2) is 0 Å². The second kappa shape index (κ2) is 7.72. The van der Waals surface area contributed by atoms with Gasteiger partial charge in [-0.25, -0.2) is 9.97 Å². The fraction of sp³-hybridized carbons (Fsp3) is 0.750.